The highest BCUT2D eigenvalue weighted by Crippen LogP contribution is 2.22. The molecule has 25 heavy (non-hydrogen) atoms. The van der Waals surface area contributed by atoms with Crippen LogP contribution in [0.25, 0.3) is 0 Å². The summed E-state index contributed by atoms with van der Waals surface area (Å²) in [5.74, 6) is -0.290. The molecule has 1 saturated heterocycles. The Kier molecular flexibility index (Phi) is 5.39. The Hall–Kier alpha value is -1.92. The molecule has 2 heterocycles. The SMILES string of the molecule is CCn1nc(C)c(Cl)c1C(=O)N1CCN(Cc2cccc(F)c2)CC1. The highest BCUT2D eigenvalue weighted by atomic mass is 35.5. The molecule has 0 spiro atoms. The van der Waals surface area contributed by atoms with Crippen molar-refractivity contribution in [3.63, 3.8) is 0 Å². The molecule has 1 aliphatic rings. The summed E-state index contributed by atoms with van der Waals surface area (Å²) >= 11 is 6.28. The molecule has 0 saturated carbocycles. The summed E-state index contributed by atoms with van der Waals surface area (Å²) in [5, 5.41) is 4.75. The molecule has 0 unspecified atom stereocenters. The van der Waals surface area contributed by atoms with E-state index in [9.17, 15) is 9.18 Å². The van der Waals surface area contributed by atoms with E-state index < -0.39 is 0 Å². The van der Waals surface area contributed by atoms with Crippen molar-refractivity contribution in [3.8, 4) is 0 Å². The summed E-state index contributed by atoms with van der Waals surface area (Å²) in [6.07, 6.45) is 0. The Morgan fingerprint density at radius 2 is 2.00 bits per heavy atom. The van der Waals surface area contributed by atoms with E-state index in [4.69, 9.17) is 11.6 Å². The molecule has 1 aliphatic heterocycles. The normalized spacial score (nSPS) is 15.6. The molecule has 134 valence electrons. The molecule has 0 N–H and O–H groups in total. The van der Waals surface area contributed by atoms with Crippen LogP contribution in [0.4, 0.5) is 4.39 Å². The lowest BCUT2D eigenvalue weighted by molar-refractivity contribution is 0.0616. The topological polar surface area (TPSA) is 41.4 Å². The quantitative estimate of drug-likeness (QED) is 0.837. The van der Waals surface area contributed by atoms with E-state index in [1.807, 2.05) is 24.8 Å². The Morgan fingerprint density at radius 3 is 2.64 bits per heavy atom. The van der Waals surface area contributed by atoms with Gasteiger partial charge in [-0.1, -0.05) is 23.7 Å². The molecule has 7 heteroatoms. The van der Waals surface area contributed by atoms with E-state index in [1.165, 1.54) is 6.07 Å². The van der Waals surface area contributed by atoms with Crippen molar-refractivity contribution in [2.24, 2.45) is 0 Å². The van der Waals surface area contributed by atoms with Crippen molar-refractivity contribution in [2.75, 3.05) is 26.2 Å². The Bertz CT molecular complexity index is 768. The van der Waals surface area contributed by atoms with Gasteiger partial charge in [0.05, 0.1) is 10.7 Å². The maximum atomic E-state index is 13.3. The molecule has 0 atom stereocenters. The minimum absolute atomic E-state index is 0.0714. The van der Waals surface area contributed by atoms with Crippen molar-refractivity contribution in [1.29, 1.82) is 0 Å². The van der Waals surface area contributed by atoms with Gasteiger partial charge in [0.1, 0.15) is 11.5 Å². The smallest absolute Gasteiger partial charge is 0.273 e. The second kappa shape index (κ2) is 7.54. The summed E-state index contributed by atoms with van der Waals surface area (Å²) in [5.41, 5.74) is 2.10. The van der Waals surface area contributed by atoms with Gasteiger partial charge in [0, 0.05) is 39.3 Å². The van der Waals surface area contributed by atoms with Crippen LogP contribution in [-0.4, -0.2) is 51.7 Å². The molecule has 1 fully saturated rings. The number of carbonyl (C=O) groups excluding carboxylic acids is 1. The van der Waals surface area contributed by atoms with Crippen molar-refractivity contribution < 1.29 is 9.18 Å². The van der Waals surface area contributed by atoms with Crippen molar-refractivity contribution in [1.82, 2.24) is 19.6 Å². The third-order valence-electron chi connectivity index (χ3n) is 4.51. The third kappa shape index (κ3) is 3.85. The predicted octanol–water partition coefficient (Wildman–Crippen LogP) is 2.96. The first-order valence-corrected chi connectivity index (χ1v) is 8.86. The number of hydrogen-bond donors (Lipinski definition) is 0. The first kappa shape index (κ1) is 17.9. The molecule has 5 nitrogen and oxygen atoms in total. The van der Waals surface area contributed by atoms with Crippen LogP contribution >= 0.6 is 11.6 Å². The molecule has 0 aliphatic carbocycles. The first-order chi connectivity index (χ1) is 12.0. The number of amides is 1. The summed E-state index contributed by atoms with van der Waals surface area (Å²) in [6.45, 7) is 7.79. The second-order valence-electron chi connectivity index (χ2n) is 6.26. The summed E-state index contributed by atoms with van der Waals surface area (Å²) < 4.78 is 15.0. The largest absolute Gasteiger partial charge is 0.335 e. The Morgan fingerprint density at radius 1 is 1.28 bits per heavy atom. The number of benzene rings is 1. The van der Waals surface area contributed by atoms with Crippen LogP contribution in [0.2, 0.25) is 5.02 Å². The summed E-state index contributed by atoms with van der Waals surface area (Å²) in [6, 6.07) is 6.65. The van der Waals surface area contributed by atoms with Crippen LogP contribution in [0.5, 0.6) is 0 Å². The van der Waals surface area contributed by atoms with E-state index in [0.717, 1.165) is 18.7 Å². The minimum Gasteiger partial charge on any atom is -0.335 e. The van der Waals surface area contributed by atoms with Gasteiger partial charge in [-0.25, -0.2) is 4.39 Å². The lowest BCUT2D eigenvalue weighted by Gasteiger charge is -2.34. The monoisotopic (exact) mass is 364 g/mol. The molecular formula is C18H22ClFN4O. The van der Waals surface area contributed by atoms with Crippen molar-refractivity contribution in [2.45, 2.75) is 26.9 Å². The molecule has 0 radical (unpaired) electrons. The minimum atomic E-state index is -0.218. The van der Waals surface area contributed by atoms with Gasteiger partial charge in [-0.2, -0.15) is 5.10 Å². The van der Waals surface area contributed by atoms with Crippen LogP contribution < -0.4 is 0 Å². The van der Waals surface area contributed by atoms with Gasteiger partial charge in [0.2, 0.25) is 0 Å². The lowest BCUT2D eigenvalue weighted by Crippen LogP contribution is -2.48. The number of carbonyl (C=O) groups is 1. The maximum Gasteiger partial charge on any atom is 0.273 e. The number of aromatic nitrogens is 2. The standard InChI is InChI=1S/C18H22ClFN4O/c1-3-24-17(16(19)13(2)21-24)18(25)23-9-7-22(8-10-23)12-14-5-4-6-15(20)11-14/h4-6,11H,3,7-10,12H2,1-2H3. The van der Waals surface area contributed by atoms with Gasteiger partial charge in [-0.05, 0) is 31.5 Å². The summed E-state index contributed by atoms with van der Waals surface area (Å²) in [4.78, 5) is 16.9. The highest BCUT2D eigenvalue weighted by molar-refractivity contribution is 6.34. The van der Waals surface area contributed by atoms with E-state index >= 15 is 0 Å². The van der Waals surface area contributed by atoms with Gasteiger partial charge >= 0.3 is 0 Å². The van der Waals surface area contributed by atoms with Gasteiger partial charge in [0.25, 0.3) is 5.91 Å². The number of aryl methyl sites for hydroxylation is 2. The molecule has 1 aromatic carbocycles. The predicted molar refractivity (Wildman–Crippen MR) is 95.2 cm³/mol. The fraction of sp³-hybridized carbons (Fsp3) is 0.444. The number of halogens is 2. The molecule has 3 rings (SSSR count). The van der Waals surface area contributed by atoms with Crippen LogP contribution in [0.3, 0.4) is 0 Å². The van der Waals surface area contributed by atoms with Gasteiger partial charge in [-0.15, -0.1) is 0 Å². The van der Waals surface area contributed by atoms with Gasteiger partial charge in [0.15, 0.2) is 0 Å². The Balaban J connectivity index is 1.63. The van der Waals surface area contributed by atoms with E-state index in [-0.39, 0.29) is 11.7 Å². The lowest BCUT2D eigenvalue weighted by atomic mass is 10.2. The average molecular weight is 365 g/mol. The number of hydrogen-bond acceptors (Lipinski definition) is 3. The third-order valence-corrected chi connectivity index (χ3v) is 4.96. The average Bonchev–Trinajstić information content (AvgIpc) is 2.89. The van der Waals surface area contributed by atoms with Crippen LogP contribution in [-0.2, 0) is 13.1 Å². The molecule has 0 bridgehead atoms. The molecule has 1 aromatic heterocycles. The fourth-order valence-electron chi connectivity index (χ4n) is 3.15. The number of nitrogens with zero attached hydrogens (tertiary/aromatic N) is 4. The van der Waals surface area contributed by atoms with Crippen molar-refractivity contribution >= 4 is 17.5 Å². The fourth-order valence-corrected chi connectivity index (χ4v) is 3.36. The second-order valence-corrected chi connectivity index (χ2v) is 6.64. The van der Waals surface area contributed by atoms with E-state index in [0.29, 0.717) is 42.6 Å². The maximum absolute atomic E-state index is 13.3. The van der Waals surface area contributed by atoms with Crippen LogP contribution in [0.15, 0.2) is 24.3 Å². The molecule has 1 amide bonds. The Labute approximate surface area is 152 Å². The molecule has 2 aromatic rings. The van der Waals surface area contributed by atoms with Crippen molar-refractivity contribution in [3.05, 3.63) is 52.1 Å². The zero-order valence-corrected chi connectivity index (χ0v) is 15.3. The van der Waals surface area contributed by atoms with E-state index in [2.05, 4.69) is 10.00 Å². The first-order valence-electron chi connectivity index (χ1n) is 8.48. The zero-order valence-electron chi connectivity index (χ0n) is 14.5. The molecular weight excluding hydrogens is 343 g/mol. The highest BCUT2D eigenvalue weighted by Gasteiger charge is 2.27. The number of piperazine rings is 1. The van der Waals surface area contributed by atoms with Crippen LogP contribution in [0.1, 0.15) is 28.7 Å². The van der Waals surface area contributed by atoms with Crippen LogP contribution in [0, 0.1) is 12.7 Å². The number of rotatable bonds is 4. The van der Waals surface area contributed by atoms with Gasteiger partial charge in [-0.3, -0.25) is 14.4 Å². The van der Waals surface area contributed by atoms with E-state index in [1.54, 1.807) is 16.8 Å². The van der Waals surface area contributed by atoms with Gasteiger partial charge < -0.3 is 4.90 Å². The summed E-state index contributed by atoms with van der Waals surface area (Å²) in [7, 11) is 0. The zero-order chi connectivity index (χ0) is 18.0.